The zero-order valence-electron chi connectivity index (χ0n) is 23.2. The number of sulfonamides is 1. The van der Waals surface area contributed by atoms with E-state index in [1.165, 1.54) is 29.2 Å². The summed E-state index contributed by atoms with van der Waals surface area (Å²) < 4.78 is 39.5. The zero-order valence-corrected chi connectivity index (χ0v) is 25.5. The maximum absolute atomic E-state index is 13.8. The largest absolute Gasteiger partial charge is 0.352 e. The molecule has 11 heteroatoms. The maximum Gasteiger partial charge on any atom is 0.243 e. The highest BCUT2D eigenvalue weighted by molar-refractivity contribution is 7.92. The molecule has 0 aliphatic heterocycles. The Kier molecular flexibility index (Phi) is 11.6. The SMILES string of the molecule is CC(C)NC(=O)[C@@H](Cc1ccccc1)N(Cc1ccc(Cl)c(Cl)c1)C(=O)CCCN(c1ccc(F)cc1)S(C)(=O)=O. The molecule has 3 aromatic rings. The lowest BCUT2D eigenvalue weighted by Gasteiger charge is -2.32. The minimum Gasteiger partial charge on any atom is -0.352 e. The second-order valence-corrected chi connectivity index (χ2v) is 12.8. The lowest BCUT2D eigenvalue weighted by atomic mass is 10.0. The minimum atomic E-state index is -3.70. The summed E-state index contributed by atoms with van der Waals surface area (Å²) in [5.74, 6) is -1.12. The Morgan fingerprint density at radius 3 is 2.17 bits per heavy atom. The third-order valence-corrected chi connectivity index (χ3v) is 8.24. The number of benzene rings is 3. The first-order valence-corrected chi connectivity index (χ1v) is 15.8. The van der Waals surface area contributed by atoms with E-state index in [0.29, 0.717) is 21.3 Å². The van der Waals surface area contributed by atoms with Gasteiger partial charge < -0.3 is 10.2 Å². The second kappa shape index (κ2) is 14.7. The zero-order chi connectivity index (χ0) is 30.2. The van der Waals surface area contributed by atoms with Crippen LogP contribution in [-0.4, -0.2) is 50.0 Å². The molecule has 3 aromatic carbocycles. The third kappa shape index (κ3) is 9.73. The van der Waals surface area contributed by atoms with Crippen LogP contribution in [0.1, 0.15) is 37.8 Å². The van der Waals surface area contributed by atoms with Crippen LogP contribution in [-0.2, 0) is 32.6 Å². The maximum atomic E-state index is 13.8. The Balaban J connectivity index is 1.90. The summed E-state index contributed by atoms with van der Waals surface area (Å²) in [6.07, 6.45) is 1.47. The number of amides is 2. The van der Waals surface area contributed by atoms with Gasteiger partial charge in [-0.25, -0.2) is 12.8 Å². The molecule has 3 rings (SSSR count). The average Bonchev–Trinajstić information content (AvgIpc) is 2.90. The summed E-state index contributed by atoms with van der Waals surface area (Å²) in [4.78, 5) is 28.8. The molecule has 0 spiro atoms. The second-order valence-electron chi connectivity index (χ2n) is 10.1. The van der Waals surface area contributed by atoms with Crippen molar-refractivity contribution in [3.05, 3.63) is 99.8 Å². The summed E-state index contributed by atoms with van der Waals surface area (Å²) in [5, 5.41) is 3.62. The van der Waals surface area contributed by atoms with E-state index in [0.717, 1.165) is 16.1 Å². The fourth-order valence-electron chi connectivity index (χ4n) is 4.38. The monoisotopic (exact) mass is 621 g/mol. The van der Waals surface area contributed by atoms with Crippen LogP contribution in [0, 0.1) is 5.82 Å². The Labute approximate surface area is 251 Å². The summed E-state index contributed by atoms with van der Waals surface area (Å²) in [5.41, 5.74) is 1.86. The molecule has 0 aromatic heterocycles. The van der Waals surface area contributed by atoms with Gasteiger partial charge in [0.1, 0.15) is 11.9 Å². The van der Waals surface area contributed by atoms with Gasteiger partial charge in [0, 0.05) is 32.0 Å². The van der Waals surface area contributed by atoms with Crippen LogP contribution >= 0.6 is 23.2 Å². The molecule has 41 heavy (non-hydrogen) atoms. The normalized spacial score (nSPS) is 12.2. The van der Waals surface area contributed by atoms with Crippen molar-refractivity contribution in [3.8, 4) is 0 Å². The number of rotatable bonds is 13. The van der Waals surface area contributed by atoms with E-state index in [9.17, 15) is 22.4 Å². The number of carbonyl (C=O) groups is 2. The standard InChI is InChI=1S/C30H34Cl2FN3O4S/c1-21(2)34-30(38)28(19-22-8-5-4-6-9-22)35(20-23-11-16-26(31)27(32)18-23)29(37)10-7-17-36(41(3,39)40)25-14-12-24(33)13-15-25/h4-6,8-9,11-16,18,21,28H,7,10,17,19-20H2,1-3H3,(H,34,38)/t28-/m1/s1. The first-order chi connectivity index (χ1) is 19.3. The van der Waals surface area contributed by atoms with Gasteiger partial charge in [-0.3, -0.25) is 13.9 Å². The molecule has 0 saturated heterocycles. The number of nitrogens with zero attached hydrogens (tertiary/aromatic N) is 2. The molecule has 0 bridgehead atoms. The lowest BCUT2D eigenvalue weighted by Crippen LogP contribution is -2.51. The van der Waals surface area contributed by atoms with Gasteiger partial charge in [-0.2, -0.15) is 0 Å². The summed E-state index contributed by atoms with van der Waals surface area (Å²) in [7, 11) is -3.70. The Hall–Kier alpha value is -3.14. The van der Waals surface area contributed by atoms with E-state index in [2.05, 4.69) is 5.32 Å². The van der Waals surface area contributed by atoms with Crippen LogP contribution in [0.15, 0.2) is 72.8 Å². The van der Waals surface area contributed by atoms with Gasteiger partial charge in [0.25, 0.3) is 0 Å². The fraction of sp³-hybridized carbons (Fsp3) is 0.333. The van der Waals surface area contributed by atoms with Crippen molar-refractivity contribution in [1.29, 1.82) is 0 Å². The molecular weight excluding hydrogens is 588 g/mol. The minimum absolute atomic E-state index is 0.00163. The molecular formula is C30H34Cl2FN3O4S. The highest BCUT2D eigenvalue weighted by Crippen LogP contribution is 2.25. The Morgan fingerprint density at radius 1 is 0.927 bits per heavy atom. The van der Waals surface area contributed by atoms with Crippen LogP contribution in [0.4, 0.5) is 10.1 Å². The van der Waals surface area contributed by atoms with E-state index >= 15 is 0 Å². The van der Waals surface area contributed by atoms with Gasteiger partial charge in [-0.1, -0.05) is 59.6 Å². The van der Waals surface area contributed by atoms with Gasteiger partial charge in [-0.05, 0) is 67.8 Å². The molecule has 0 unspecified atom stereocenters. The van der Waals surface area contributed by atoms with E-state index in [1.54, 1.807) is 18.2 Å². The molecule has 0 saturated carbocycles. The molecule has 2 amide bonds. The van der Waals surface area contributed by atoms with Gasteiger partial charge in [-0.15, -0.1) is 0 Å². The lowest BCUT2D eigenvalue weighted by molar-refractivity contribution is -0.141. The summed E-state index contributed by atoms with van der Waals surface area (Å²) in [6, 6.07) is 18.5. The Morgan fingerprint density at radius 2 is 1.59 bits per heavy atom. The van der Waals surface area contributed by atoms with E-state index in [-0.39, 0.29) is 50.2 Å². The van der Waals surface area contributed by atoms with E-state index in [1.807, 2.05) is 44.2 Å². The molecule has 0 fully saturated rings. The fourth-order valence-corrected chi connectivity index (χ4v) is 5.67. The third-order valence-electron chi connectivity index (χ3n) is 6.31. The number of anilines is 1. The van der Waals surface area contributed by atoms with Gasteiger partial charge in [0.05, 0.1) is 22.0 Å². The van der Waals surface area contributed by atoms with Gasteiger partial charge in [0.15, 0.2) is 0 Å². The number of nitrogens with one attached hydrogen (secondary N) is 1. The highest BCUT2D eigenvalue weighted by Gasteiger charge is 2.31. The number of hydrogen-bond donors (Lipinski definition) is 1. The van der Waals surface area contributed by atoms with Crippen LogP contribution in [0.3, 0.4) is 0 Å². The Bertz CT molecular complexity index is 1440. The summed E-state index contributed by atoms with van der Waals surface area (Å²) in [6.45, 7) is 3.78. The first kappa shape index (κ1) is 32.4. The smallest absolute Gasteiger partial charge is 0.243 e. The van der Waals surface area contributed by atoms with Crippen molar-refractivity contribution < 1.29 is 22.4 Å². The highest BCUT2D eigenvalue weighted by atomic mass is 35.5. The number of hydrogen-bond acceptors (Lipinski definition) is 4. The molecule has 1 N–H and O–H groups in total. The van der Waals surface area contributed by atoms with Gasteiger partial charge in [0.2, 0.25) is 21.8 Å². The molecule has 7 nitrogen and oxygen atoms in total. The predicted octanol–water partition coefficient (Wildman–Crippen LogP) is 5.84. The van der Waals surface area contributed by atoms with Crippen molar-refractivity contribution >= 4 is 50.7 Å². The topological polar surface area (TPSA) is 86.8 Å². The molecule has 0 radical (unpaired) electrons. The van der Waals surface area contributed by atoms with Crippen molar-refractivity contribution in [2.75, 3.05) is 17.1 Å². The first-order valence-electron chi connectivity index (χ1n) is 13.2. The van der Waals surface area contributed by atoms with Crippen molar-refractivity contribution in [2.24, 2.45) is 0 Å². The van der Waals surface area contributed by atoms with Crippen molar-refractivity contribution in [2.45, 2.75) is 51.7 Å². The van der Waals surface area contributed by atoms with E-state index in [4.69, 9.17) is 23.2 Å². The number of carbonyl (C=O) groups excluding carboxylic acids is 2. The van der Waals surface area contributed by atoms with E-state index < -0.39 is 21.9 Å². The van der Waals surface area contributed by atoms with Crippen molar-refractivity contribution in [1.82, 2.24) is 10.2 Å². The van der Waals surface area contributed by atoms with Crippen LogP contribution in [0.2, 0.25) is 10.0 Å². The molecule has 0 heterocycles. The molecule has 0 aliphatic rings. The quantitative estimate of drug-likeness (QED) is 0.260. The molecule has 0 aliphatic carbocycles. The van der Waals surface area contributed by atoms with Crippen LogP contribution < -0.4 is 9.62 Å². The molecule has 1 atom stereocenters. The summed E-state index contributed by atoms with van der Waals surface area (Å²) >= 11 is 12.3. The van der Waals surface area contributed by atoms with Gasteiger partial charge >= 0.3 is 0 Å². The predicted molar refractivity (Wildman–Crippen MR) is 162 cm³/mol. The van der Waals surface area contributed by atoms with Crippen LogP contribution in [0.25, 0.3) is 0 Å². The average molecular weight is 623 g/mol. The molecule has 220 valence electrons. The van der Waals surface area contributed by atoms with Crippen molar-refractivity contribution in [3.63, 3.8) is 0 Å². The van der Waals surface area contributed by atoms with Crippen LogP contribution in [0.5, 0.6) is 0 Å². The number of halogens is 3.